The molecule has 0 radical (unpaired) electrons. The van der Waals surface area contributed by atoms with Gasteiger partial charge in [-0.1, -0.05) is 91.0 Å². The highest BCUT2D eigenvalue weighted by Crippen LogP contribution is 2.26. The first-order valence-electron chi connectivity index (χ1n) is 9.26. The first-order chi connectivity index (χ1) is 14.1. The predicted octanol–water partition coefficient (Wildman–Crippen LogP) is 5.95. The summed E-state index contributed by atoms with van der Waals surface area (Å²) >= 11 is 0. The fourth-order valence-electron chi connectivity index (χ4n) is 3.33. The molecule has 140 valence electrons. The Balaban J connectivity index is 1.73. The van der Waals surface area contributed by atoms with Gasteiger partial charge in [-0.2, -0.15) is 0 Å². The van der Waals surface area contributed by atoms with E-state index in [1.54, 1.807) is 24.3 Å². The smallest absolute Gasteiger partial charge is 0.336 e. The Bertz CT molecular complexity index is 1160. The molecule has 0 saturated heterocycles. The van der Waals surface area contributed by atoms with Crippen molar-refractivity contribution in [2.24, 2.45) is 0 Å². The first kappa shape index (κ1) is 18.4. The summed E-state index contributed by atoms with van der Waals surface area (Å²) < 4.78 is 0. The van der Waals surface area contributed by atoms with Crippen LogP contribution in [0.25, 0.3) is 22.3 Å². The maximum Gasteiger partial charge on any atom is 0.336 e. The first-order valence-corrected chi connectivity index (χ1v) is 9.26. The van der Waals surface area contributed by atoms with Crippen molar-refractivity contribution in [3.8, 4) is 22.3 Å². The second-order valence-corrected chi connectivity index (χ2v) is 6.70. The van der Waals surface area contributed by atoms with Gasteiger partial charge in [0.05, 0.1) is 5.56 Å². The number of rotatable bonds is 5. The van der Waals surface area contributed by atoms with Gasteiger partial charge in [0, 0.05) is 11.1 Å². The van der Waals surface area contributed by atoms with Crippen LogP contribution in [0.2, 0.25) is 0 Å². The van der Waals surface area contributed by atoms with Gasteiger partial charge in [-0.3, -0.25) is 4.79 Å². The lowest BCUT2D eigenvalue weighted by Crippen LogP contribution is -2.10. The number of carboxylic acids is 1. The average molecular weight is 378 g/mol. The van der Waals surface area contributed by atoms with Crippen LogP contribution >= 0.6 is 0 Å². The fraction of sp³-hybridized carbons (Fsp3) is 0. The molecule has 0 aliphatic carbocycles. The Kier molecular flexibility index (Phi) is 5.04. The lowest BCUT2D eigenvalue weighted by molar-refractivity contribution is 0.0693. The van der Waals surface area contributed by atoms with Crippen molar-refractivity contribution >= 4 is 11.8 Å². The van der Waals surface area contributed by atoms with E-state index in [1.807, 2.05) is 72.8 Å². The van der Waals surface area contributed by atoms with E-state index in [4.69, 9.17) is 0 Å². The van der Waals surface area contributed by atoms with E-state index in [-0.39, 0.29) is 16.9 Å². The highest BCUT2D eigenvalue weighted by molar-refractivity contribution is 6.15. The number of hydrogen-bond donors (Lipinski definition) is 1. The van der Waals surface area contributed by atoms with Gasteiger partial charge in [0.25, 0.3) is 0 Å². The van der Waals surface area contributed by atoms with E-state index in [0.29, 0.717) is 5.56 Å². The quantitative estimate of drug-likeness (QED) is 0.437. The van der Waals surface area contributed by atoms with Crippen LogP contribution in [0.3, 0.4) is 0 Å². The van der Waals surface area contributed by atoms with Gasteiger partial charge in [0.2, 0.25) is 0 Å². The van der Waals surface area contributed by atoms with Gasteiger partial charge in [-0.05, 0) is 34.4 Å². The molecule has 4 aromatic carbocycles. The molecule has 0 fully saturated rings. The van der Waals surface area contributed by atoms with Gasteiger partial charge in [-0.25, -0.2) is 4.79 Å². The molecular formula is C26H18O3. The summed E-state index contributed by atoms with van der Waals surface area (Å²) in [6, 6.07) is 31.6. The van der Waals surface area contributed by atoms with Crippen LogP contribution < -0.4 is 0 Å². The molecule has 0 heterocycles. The molecule has 4 rings (SSSR count). The van der Waals surface area contributed by atoms with Crippen molar-refractivity contribution in [1.82, 2.24) is 0 Å². The summed E-state index contributed by atoms with van der Waals surface area (Å²) in [6.07, 6.45) is 0. The van der Waals surface area contributed by atoms with E-state index < -0.39 is 5.97 Å². The van der Waals surface area contributed by atoms with Crippen molar-refractivity contribution in [2.45, 2.75) is 0 Å². The number of benzene rings is 4. The number of carbonyl (C=O) groups excluding carboxylic acids is 1. The number of hydrogen-bond acceptors (Lipinski definition) is 2. The third-order valence-electron chi connectivity index (χ3n) is 4.86. The monoisotopic (exact) mass is 378 g/mol. The molecule has 0 aliphatic heterocycles. The SMILES string of the molecule is O=C(O)c1ccc(-c2ccccc2)cc1C(=O)c1ccc(-c2ccccc2)cc1. The van der Waals surface area contributed by atoms with Gasteiger partial charge in [0.1, 0.15) is 0 Å². The van der Waals surface area contributed by atoms with E-state index in [1.165, 1.54) is 6.07 Å². The number of carbonyl (C=O) groups is 2. The standard InChI is InChI=1S/C26H18O3/c27-25(21-13-11-20(12-14-21)18-7-3-1-4-8-18)24-17-22(15-16-23(24)26(28)29)19-9-5-2-6-10-19/h1-17H,(H,28,29). The summed E-state index contributed by atoms with van der Waals surface area (Å²) in [7, 11) is 0. The number of aromatic carboxylic acids is 1. The molecule has 0 unspecified atom stereocenters. The van der Waals surface area contributed by atoms with Crippen molar-refractivity contribution in [2.75, 3.05) is 0 Å². The molecule has 0 aromatic heterocycles. The van der Waals surface area contributed by atoms with Crippen molar-refractivity contribution in [1.29, 1.82) is 0 Å². The molecule has 0 saturated carbocycles. The Morgan fingerprint density at radius 2 is 1.00 bits per heavy atom. The summed E-state index contributed by atoms with van der Waals surface area (Å²) in [5.41, 5.74) is 4.44. The fourth-order valence-corrected chi connectivity index (χ4v) is 3.33. The minimum Gasteiger partial charge on any atom is -0.478 e. The van der Waals surface area contributed by atoms with Gasteiger partial charge in [-0.15, -0.1) is 0 Å². The lowest BCUT2D eigenvalue weighted by atomic mass is 9.93. The summed E-state index contributed by atoms with van der Waals surface area (Å²) in [4.78, 5) is 24.8. The van der Waals surface area contributed by atoms with Crippen molar-refractivity contribution < 1.29 is 14.7 Å². The molecule has 3 heteroatoms. The zero-order chi connectivity index (χ0) is 20.2. The second kappa shape index (κ2) is 7.95. The predicted molar refractivity (Wildman–Crippen MR) is 114 cm³/mol. The lowest BCUT2D eigenvalue weighted by Gasteiger charge is -2.10. The zero-order valence-corrected chi connectivity index (χ0v) is 15.6. The maximum atomic E-state index is 13.1. The third kappa shape index (κ3) is 3.85. The Hall–Kier alpha value is -3.98. The number of ketones is 1. The largest absolute Gasteiger partial charge is 0.478 e. The minimum atomic E-state index is -1.12. The topological polar surface area (TPSA) is 54.4 Å². The minimum absolute atomic E-state index is 0.00168. The van der Waals surface area contributed by atoms with E-state index in [9.17, 15) is 14.7 Å². The van der Waals surface area contributed by atoms with E-state index in [0.717, 1.165) is 22.3 Å². The van der Waals surface area contributed by atoms with Gasteiger partial charge >= 0.3 is 5.97 Å². The Morgan fingerprint density at radius 3 is 1.55 bits per heavy atom. The molecule has 29 heavy (non-hydrogen) atoms. The molecule has 0 spiro atoms. The molecule has 4 aromatic rings. The molecule has 0 amide bonds. The second-order valence-electron chi connectivity index (χ2n) is 6.70. The summed E-state index contributed by atoms with van der Waals surface area (Å²) in [5, 5.41) is 9.56. The van der Waals surface area contributed by atoms with E-state index in [2.05, 4.69) is 0 Å². The highest BCUT2D eigenvalue weighted by Gasteiger charge is 2.19. The summed E-state index contributed by atoms with van der Waals surface area (Å²) in [6.45, 7) is 0. The van der Waals surface area contributed by atoms with Crippen LogP contribution in [0.4, 0.5) is 0 Å². The van der Waals surface area contributed by atoms with Crippen LogP contribution in [0, 0.1) is 0 Å². The Labute approximate surface area is 168 Å². The molecule has 0 aliphatic rings. The van der Waals surface area contributed by atoms with Gasteiger partial charge in [0.15, 0.2) is 5.78 Å². The number of carboxylic acid groups (broad SMARTS) is 1. The third-order valence-corrected chi connectivity index (χ3v) is 4.86. The normalized spacial score (nSPS) is 10.5. The van der Waals surface area contributed by atoms with Gasteiger partial charge < -0.3 is 5.11 Å². The van der Waals surface area contributed by atoms with Crippen LogP contribution in [0.15, 0.2) is 103 Å². The van der Waals surface area contributed by atoms with Crippen LogP contribution in [-0.2, 0) is 0 Å². The summed E-state index contributed by atoms with van der Waals surface area (Å²) in [5.74, 6) is -1.42. The van der Waals surface area contributed by atoms with Crippen LogP contribution in [0.1, 0.15) is 26.3 Å². The van der Waals surface area contributed by atoms with Crippen LogP contribution in [-0.4, -0.2) is 16.9 Å². The highest BCUT2D eigenvalue weighted by atomic mass is 16.4. The molecule has 0 bridgehead atoms. The molecule has 3 nitrogen and oxygen atoms in total. The molecule has 1 N–H and O–H groups in total. The van der Waals surface area contributed by atoms with Crippen molar-refractivity contribution in [3.63, 3.8) is 0 Å². The van der Waals surface area contributed by atoms with Crippen molar-refractivity contribution in [3.05, 3.63) is 120 Å². The molecular weight excluding hydrogens is 360 g/mol. The van der Waals surface area contributed by atoms with E-state index >= 15 is 0 Å². The van der Waals surface area contributed by atoms with Crippen LogP contribution in [0.5, 0.6) is 0 Å². The maximum absolute atomic E-state index is 13.1. The zero-order valence-electron chi connectivity index (χ0n) is 15.6. The average Bonchev–Trinajstić information content (AvgIpc) is 2.79. The molecule has 0 atom stereocenters. The Morgan fingerprint density at radius 1 is 0.517 bits per heavy atom.